The molecule has 0 aliphatic heterocycles. The highest BCUT2D eigenvalue weighted by Gasteiger charge is 2.18. The van der Waals surface area contributed by atoms with Crippen molar-refractivity contribution in [1.82, 2.24) is 24.8 Å². The van der Waals surface area contributed by atoms with Gasteiger partial charge in [-0.2, -0.15) is 0 Å². The molecule has 30 heavy (non-hydrogen) atoms. The van der Waals surface area contributed by atoms with E-state index in [0.29, 0.717) is 40.1 Å². The van der Waals surface area contributed by atoms with Gasteiger partial charge in [-0.05, 0) is 47.9 Å². The lowest BCUT2D eigenvalue weighted by atomic mass is 10.0. The Labute approximate surface area is 177 Å². The molecule has 0 spiro atoms. The average Bonchev–Trinajstić information content (AvgIpc) is 3.10. The average molecular weight is 423 g/mol. The first-order valence-electron chi connectivity index (χ1n) is 9.27. The molecule has 0 aliphatic carbocycles. The fourth-order valence-electron chi connectivity index (χ4n) is 3.28. The van der Waals surface area contributed by atoms with Gasteiger partial charge in [-0.3, -0.25) is 4.57 Å². The van der Waals surface area contributed by atoms with Crippen molar-refractivity contribution < 1.29 is 9.90 Å². The summed E-state index contributed by atoms with van der Waals surface area (Å²) in [6, 6.07) is 14.9. The Bertz CT molecular complexity index is 1220. The van der Waals surface area contributed by atoms with Crippen molar-refractivity contribution in [2.75, 3.05) is 12.3 Å². The smallest absolute Gasteiger partial charge is 0.404 e. The molecule has 0 saturated heterocycles. The zero-order valence-corrected chi connectivity index (χ0v) is 16.8. The first-order valence-corrected chi connectivity index (χ1v) is 9.65. The molecule has 8 nitrogen and oxygen atoms in total. The molecule has 3 aromatic heterocycles. The van der Waals surface area contributed by atoms with Crippen LogP contribution >= 0.6 is 11.6 Å². The lowest BCUT2D eigenvalue weighted by molar-refractivity contribution is 0.194. The molecular formula is C21H19ClN6O2. The van der Waals surface area contributed by atoms with Crippen LogP contribution in [0.4, 0.5) is 10.6 Å². The Balaban J connectivity index is 1.81. The maximum Gasteiger partial charge on any atom is 0.404 e. The SMILES string of the molecule is CC(CNC(=O)O)c1ccc(-n2c(-c3cccnc3N)nc3ccc(Cl)nc32)cc1. The monoisotopic (exact) mass is 422 g/mol. The predicted molar refractivity (Wildman–Crippen MR) is 116 cm³/mol. The van der Waals surface area contributed by atoms with Crippen LogP contribution < -0.4 is 11.1 Å². The third-order valence-corrected chi connectivity index (χ3v) is 5.04. The van der Waals surface area contributed by atoms with Crippen LogP contribution in [0.25, 0.3) is 28.2 Å². The first-order chi connectivity index (χ1) is 14.4. The van der Waals surface area contributed by atoms with Crippen molar-refractivity contribution in [3.8, 4) is 17.1 Å². The summed E-state index contributed by atoms with van der Waals surface area (Å²) in [5.41, 5.74) is 9.92. The summed E-state index contributed by atoms with van der Waals surface area (Å²) >= 11 is 6.15. The van der Waals surface area contributed by atoms with Gasteiger partial charge >= 0.3 is 6.09 Å². The molecule has 4 aromatic rings. The second-order valence-electron chi connectivity index (χ2n) is 6.86. The predicted octanol–water partition coefficient (Wildman–Crippen LogP) is 4.09. The van der Waals surface area contributed by atoms with Gasteiger partial charge in [0.25, 0.3) is 0 Å². The molecule has 1 atom stereocenters. The largest absolute Gasteiger partial charge is 0.465 e. The van der Waals surface area contributed by atoms with E-state index in [4.69, 9.17) is 27.4 Å². The molecule has 1 amide bonds. The highest BCUT2D eigenvalue weighted by molar-refractivity contribution is 6.29. The lowest BCUT2D eigenvalue weighted by Gasteiger charge is -2.14. The minimum atomic E-state index is -1.04. The maximum absolute atomic E-state index is 10.7. The number of nitrogens with one attached hydrogen (secondary N) is 1. The molecule has 0 fully saturated rings. The number of nitrogens with zero attached hydrogens (tertiary/aromatic N) is 4. The van der Waals surface area contributed by atoms with Crippen molar-refractivity contribution in [1.29, 1.82) is 0 Å². The van der Waals surface area contributed by atoms with Gasteiger partial charge in [0.1, 0.15) is 16.5 Å². The first kappa shape index (κ1) is 19.7. The highest BCUT2D eigenvalue weighted by atomic mass is 35.5. The number of carbonyl (C=O) groups is 1. The molecular weight excluding hydrogens is 404 g/mol. The van der Waals surface area contributed by atoms with E-state index in [1.807, 2.05) is 47.9 Å². The van der Waals surface area contributed by atoms with E-state index in [2.05, 4.69) is 15.3 Å². The fourth-order valence-corrected chi connectivity index (χ4v) is 3.42. The van der Waals surface area contributed by atoms with E-state index in [0.717, 1.165) is 11.3 Å². The number of carboxylic acid groups (broad SMARTS) is 1. The number of hydrogen-bond acceptors (Lipinski definition) is 5. The molecule has 4 rings (SSSR count). The number of hydrogen-bond donors (Lipinski definition) is 3. The van der Waals surface area contributed by atoms with Gasteiger partial charge in [-0.25, -0.2) is 19.7 Å². The molecule has 0 radical (unpaired) electrons. The summed E-state index contributed by atoms with van der Waals surface area (Å²) in [6.07, 6.45) is 0.590. The fraction of sp³-hybridized carbons (Fsp3) is 0.143. The Hall–Kier alpha value is -3.65. The van der Waals surface area contributed by atoms with Crippen LogP contribution in [0.3, 0.4) is 0 Å². The molecule has 0 aliphatic rings. The molecule has 0 saturated carbocycles. The van der Waals surface area contributed by atoms with Crippen molar-refractivity contribution >= 4 is 34.7 Å². The summed E-state index contributed by atoms with van der Waals surface area (Å²) in [7, 11) is 0. The van der Waals surface area contributed by atoms with E-state index in [1.165, 1.54) is 0 Å². The maximum atomic E-state index is 10.7. The number of anilines is 1. The molecule has 9 heteroatoms. The lowest BCUT2D eigenvalue weighted by Crippen LogP contribution is -2.25. The van der Waals surface area contributed by atoms with Gasteiger partial charge in [-0.1, -0.05) is 30.7 Å². The second kappa shape index (κ2) is 8.00. The molecule has 1 aromatic carbocycles. The minimum Gasteiger partial charge on any atom is -0.465 e. The number of pyridine rings is 2. The van der Waals surface area contributed by atoms with Gasteiger partial charge in [0.15, 0.2) is 11.5 Å². The highest BCUT2D eigenvalue weighted by Crippen LogP contribution is 2.31. The van der Waals surface area contributed by atoms with Crippen LogP contribution in [0.15, 0.2) is 54.7 Å². The number of rotatable bonds is 5. The molecule has 0 bridgehead atoms. The summed E-state index contributed by atoms with van der Waals surface area (Å²) in [5, 5.41) is 11.6. The van der Waals surface area contributed by atoms with Crippen LogP contribution in [0.1, 0.15) is 18.4 Å². The van der Waals surface area contributed by atoms with E-state index in [9.17, 15) is 4.79 Å². The van der Waals surface area contributed by atoms with Gasteiger partial charge in [0.2, 0.25) is 0 Å². The topological polar surface area (TPSA) is 119 Å². The van der Waals surface area contributed by atoms with Crippen LogP contribution in [0.5, 0.6) is 0 Å². The van der Waals surface area contributed by atoms with E-state index in [1.54, 1.807) is 18.3 Å². The van der Waals surface area contributed by atoms with E-state index < -0.39 is 6.09 Å². The number of fused-ring (bicyclic) bond motifs is 1. The van der Waals surface area contributed by atoms with Crippen molar-refractivity contribution in [2.45, 2.75) is 12.8 Å². The van der Waals surface area contributed by atoms with Gasteiger partial charge in [-0.15, -0.1) is 0 Å². The molecule has 152 valence electrons. The van der Waals surface area contributed by atoms with Crippen molar-refractivity contribution in [3.05, 3.63) is 65.4 Å². The van der Waals surface area contributed by atoms with Gasteiger partial charge < -0.3 is 16.2 Å². The minimum absolute atomic E-state index is 0.0238. The van der Waals surface area contributed by atoms with Crippen LogP contribution in [0.2, 0.25) is 5.15 Å². The number of amides is 1. The van der Waals surface area contributed by atoms with E-state index >= 15 is 0 Å². The number of halogens is 1. The Morgan fingerprint density at radius 3 is 2.67 bits per heavy atom. The zero-order chi connectivity index (χ0) is 21.3. The Morgan fingerprint density at radius 2 is 1.97 bits per heavy atom. The standard InChI is InChI=1S/C21H19ClN6O2/c1-12(11-25-21(29)30)13-4-6-14(7-5-13)28-19(15-3-2-10-24-18(15)23)26-16-8-9-17(22)27-20(16)28/h2-10,12,25H,11H2,1H3,(H2,23,24)(H,29,30). The number of nitrogens with two attached hydrogens (primary N) is 1. The second-order valence-corrected chi connectivity index (χ2v) is 7.25. The van der Waals surface area contributed by atoms with Gasteiger partial charge in [0, 0.05) is 18.4 Å². The Kier molecular flexibility index (Phi) is 5.24. The quantitative estimate of drug-likeness (QED) is 0.417. The van der Waals surface area contributed by atoms with E-state index in [-0.39, 0.29) is 5.92 Å². The molecule has 4 N–H and O–H groups in total. The molecule has 3 heterocycles. The number of aromatic nitrogens is 4. The summed E-state index contributed by atoms with van der Waals surface area (Å²) in [6.45, 7) is 2.29. The van der Waals surface area contributed by atoms with Crippen molar-refractivity contribution in [3.63, 3.8) is 0 Å². The van der Waals surface area contributed by atoms with Crippen molar-refractivity contribution in [2.24, 2.45) is 0 Å². The third-order valence-electron chi connectivity index (χ3n) is 4.83. The summed E-state index contributed by atoms with van der Waals surface area (Å²) in [4.78, 5) is 24.1. The zero-order valence-electron chi connectivity index (χ0n) is 16.1. The normalized spacial score (nSPS) is 12.1. The van der Waals surface area contributed by atoms with Crippen LogP contribution in [-0.2, 0) is 0 Å². The number of imidazole rings is 1. The number of benzene rings is 1. The van der Waals surface area contributed by atoms with Crippen LogP contribution in [-0.4, -0.2) is 37.3 Å². The van der Waals surface area contributed by atoms with Crippen LogP contribution in [0, 0.1) is 0 Å². The summed E-state index contributed by atoms with van der Waals surface area (Å²) < 4.78 is 1.89. The summed E-state index contributed by atoms with van der Waals surface area (Å²) in [5.74, 6) is 1.000. The van der Waals surface area contributed by atoms with Gasteiger partial charge in [0.05, 0.1) is 5.56 Å². The number of nitrogen functional groups attached to an aromatic ring is 1. The Morgan fingerprint density at radius 1 is 1.20 bits per heavy atom. The molecule has 1 unspecified atom stereocenters. The third kappa shape index (κ3) is 3.77.